The molecule has 7 nitrogen and oxygen atoms in total. The molecular formula is C6H10NNaO6S2. The van der Waals surface area contributed by atoms with Crippen molar-refractivity contribution in [2.24, 2.45) is 5.14 Å². The number of nitrogens with two attached hydrogens (primary N) is 1. The van der Waals surface area contributed by atoms with Crippen LogP contribution in [0.1, 0.15) is 1.43 Å². The first kappa shape index (κ1) is 18.4. The zero-order chi connectivity index (χ0) is 12.1. The Morgan fingerprint density at radius 1 is 1.00 bits per heavy atom. The molecule has 0 heterocycles. The van der Waals surface area contributed by atoms with Crippen LogP contribution < -0.4 is 34.7 Å². The van der Waals surface area contributed by atoms with E-state index >= 15 is 0 Å². The molecule has 0 saturated carbocycles. The van der Waals surface area contributed by atoms with Gasteiger partial charge in [0.05, 0.1) is 4.90 Å². The van der Waals surface area contributed by atoms with Gasteiger partial charge in [-0.15, -0.1) is 0 Å². The van der Waals surface area contributed by atoms with E-state index in [9.17, 15) is 8.42 Å². The first-order valence-corrected chi connectivity index (χ1v) is 6.33. The van der Waals surface area contributed by atoms with Gasteiger partial charge in [0.2, 0.25) is 10.0 Å². The summed E-state index contributed by atoms with van der Waals surface area (Å²) in [6.07, 6.45) is 0. The Kier molecular flexibility index (Phi) is 8.44. The molecule has 0 bridgehead atoms. The van der Waals surface area contributed by atoms with Crippen LogP contribution in [0.3, 0.4) is 0 Å². The molecule has 10 heteroatoms. The molecule has 0 aliphatic rings. The van der Waals surface area contributed by atoms with E-state index < -0.39 is 20.4 Å². The van der Waals surface area contributed by atoms with Crippen molar-refractivity contribution >= 4 is 20.4 Å². The van der Waals surface area contributed by atoms with Crippen LogP contribution in [0, 0.1) is 0 Å². The first-order valence-electron chi connectivity index (χ1n) is 3.38. The van der Waals surface area contributed by atoms with Crippen molar-refractivity contribution in [3.63, 3.8) is 0 Å². The van der Waals surface area contributed by atoms with E-state index in [-0.39, 0.29) is 35.9 Å². The average molecular weight is 279 g/mol. The van der Waals surface area contributed by atoms with Crippen molar-refractivity contribution in [2.75, 3.05) is 0 Å². The molecule has 1 rings (SSSR count). The predicted octanol–water partition coefficient (Wildman–Crippen LogP) is -3.20. The normalized spacial score (nSPS) is 10.7. The van der Waals surface area contributed by atoms with Gasteiger partial charge in [-0.2, -0.15) is 8.42 Å². The van der Waals surface area contributed by atoms with Crippen LogP contribution in [0.5, 0.6) is 0 Å². The van der Waals surface area contributed by atoms with Crippen LogP contribution in [0.25, 0.3) is 0 Å². The van der Waals surface area contributed by atoms with E-state index in [2.05, 4.69) is 0 Å². The zero-order valence-electron chi connectivity index (χ0n) is 9.31. The quantitative estimate of drug-likeness (QED) is 0.366. The van der Waals surface area contributed by atoms with E-state index in [0.29, 0.717) is 0 Å². The van der Waals surface area contributed by atoms with Gasteiger partial charge in [-0.1, -0.05) is 18.2 Å². The Labute approximate surface area is 117 Å². The Morgan fingerprint density at radius 2 is 1.31 bits per heavy atom. The summed E-state index contributed by atoms with van der Waals surface area (Å²) < 4.78 is 52.8. The van der Waals surface area contributed by atoms with Gasteiger partial charge >= 0.3 is 40.0 Å². The van der Waals surface area contributed by atoms with Gasteiger partial charge in [-0.3, -0.25) is 9.11 Å². The Bertz CT molecular complexity index is 495. The summed E-state index contributed by atoms with van der Waals surface area (Å²) in [6.45, 7) is 0. The molecule has 0 amide bonds. The largest absolute Gasteiger partial charge is 1.00 e. The fourth-order valence-corrected chi connectivity index (χ4v) is 1.15. The van der Waals surface area contributed by atoms with Gasteiger partial charge in [0.1, 0.15) is 0 Å². The molecule has 0 saturated heterocycles. The summed E-state index contributed by atoms with van der Waals surface area (Å²) in [7, 11) is -8.17. The van der Waals surface area contributed by atoms with Crippen LogP contribution in [-0.2, 0) is 20.4 Å². The molecule has 4 N–H and O–H groups in total. The molecule has 0 fully saturated rings. The smallest absolute Gasteiger partial charge is 1.00 e. The van der Waals surface area contributed by atoms with Crippen LogP contribution in [0.4, 0.5) is 0 Å². The van der Waals surface area contributed by atoms with Gasteiger partial charge in [0, 0.05) is 0 Å². The van der Waals surface area contributed by atoms with Gasteiger partial charge in [-0.05, 0) is 12.1 Å². The molecule has 0 atom stereocenters. The Morgan fingerprint density at radius 3 is 1.50 bits per heavy atom. The Balaban J connectivity index is -0.000000247. The van der Waals surface area contributed by atoms with Crippen LogP contribution in [0.15, 0.2) is 35.2 Å². The van der Waals surface area contributed by atoms with E-state index in [4.69, 9.17) is 22.7 Å². The summed E-state index contributed by atoms with van der Waals surface area (Å²) in [4.78, 5) is 0.148. The fraction of sp³-hybridized carbons (Fsp3) is 0. The number of benzene rings is 1. The van der Waals surface area contributed by atoms with E-state index in [0.717, 1.165) is 0 Å². The minimum Gasteiger partial charge on any atom is -1.00 e. The summed E-state index contributed by atoms with van der Waals surface area (Å²) in [5, 5.41) is 4.83. The van der Waals surface area contributed by atoms with Crippen molar-refractivity contribution in [3.8, 4) is 0 Å². The molecule has 0 aliphatic carbocycles. The SMILES string of the molecule is NS(=O)(=O)c1ccccc1.O=S(=O)(O)O.[H-].[Na+]. The summed E-state index contributed by atoms with van der Waals surface area (Å²) in [5.41, 5.74) is 0. The van der Waals surface area contributed by atoms with Gasteiger partial charge in [0.15, 0.2) is 0 Å². The second-order valence-corrected chi connectivity index (χ2v) is 4.76. The summed E-state index contributed by atoms with van der Waals surface area (Å²) >= 11 is 0. The van der Waals surface area contributed by atoms with Gasteiger partial charge < -0.3 is 1.43 Å². The van der Waals surface area contributed by atoms with Crippen molar-refractivity contribution < 1.29 is 56.9 Å². The first-order chi connectivity index (χ1) is 6.61. The molecule has 0 aromatic heterocycles. The zero-order valence-corrected chi connectivity index (χ0v) is 11.9. The monoisotopic (exact) mass is 279 g/mol. The van der Waals surface area contributed by atoms with E-state index in [1.165, 1.54) is 12.1 Å². The topological polar surface area (TPSA) is 135 Å². The van der Waals surface area contributed by atoms with Crippen LogP contribution >= 0.6 is 0 Å². The standard InChI is InChI=1S/C6H7NO2S.Na.H2O4S.H/c7-10(8,9)6-4-2-1-3-5-6;;1-5(2,3)4;/h1-5H,(H2,7,8,9);;(H2,1,2,3,4);/q;+1;;-1. The van der Waals surface area contributed by atoms with E-state index in [1.54, 1.807) is 18.2 Å². The molecule has 88 valence electrons. The molecule has 16 heavy (non-hydrogen) atoms. The third-order valence-electron chi connectivity index (χ3n) is 1.07. The van der Waals surface area contributed by atoms with Crippen molar-refractivity contribution in [1.29, 1.82) is 0 Å². The minimum atomic E-state index is -4.67. The molecule has 0 radical (unpaired) electrons. The van der Waals surface area contributed by atoms with Crippen molar-refractivity contribution in [3.05, 3.63) is 30.3 Å². The number of sulfonamides is 1. The number of primary sulfonamides is 1. The maximum atomic E-state index is 10.6. The summed E-state index contributed by atoms with van der Waals surface area (Å²) in [5.74, 6) is 0. The molecule has 1 aromatic rings. The molecule has 0 aliphatic heterocycles. The van der Waals surface area contributed by atoms with Crippen LogP contribution in [0.2, 0.25) is 0 Å². The molecular weight excluding hydrogens is 269 g/mol. The second kappa shape index (κ2) is 7.35. The van der Waals surface area contributed by atoms with Crippen molar-refractivity contribution in [2.45, 2.75) is 4.90 Å². The average Bonchev–Trinajstić information content (AvgIpc) is 2.01. The minimum absolute atomic E-state index is 0. The number of rotatable bonds is 1. The third kappa shape index (κ3) is 12.1. The number of hydrogen-bond acceptors (Lipinski definition) is 4. The number of hydrogen-bond donors (Lipinski definition) is 3. The van der Waals surface area contributed by atoms with Gasteiger partial charge in [0.25, 0.3) is 0 Å². The van der Waals surface area contributed by atoms with Gasteiger partial charge in [-0.25, -0.2) is 13.6 Å². The maximum Gasteiger partial charge on any atom is 1.00 e. The maximum absolute atomic E-state index is 10.6. The predicted molar refractivity (Wildman–Crippen MR) is 53.1 cm³/mol. The molecule has 1 aromatic carbocycles. The summed E-state index contributed by atoms with van der Waals surface area (Å²) in [6, 6.07) is 7.89. The molecule has 0 unspecified atom stereocenters. The second-order valence-electron chi connectivity index (χ2n) is 2.31. The van der Waals surface area contributed by atoms with Crippen LogP contribution in [-0.4, -0.2) is 25.9 Å². The Hall–Kier alpha value is -0.000000000000000222. The molecule has 0 spiro atoms. The van der Waals surface area contributed by atoms with E-state index in [1.807, 2.05) is 0 Å². The third-order valence-corrected chi connectivity index (χ3v) is 2.00. The van der Waals surface area contributed by atoms with Crippen molar-refractivity contribution in [1.82, 2.24) is 0 Å². The fourth-order valence-electron chi connectivity index (χ4n) is 0.610.